The van der Waals surface area contributed by atoms with Crippen LogP contribution in [0.15, 0.2) is 35.6 Å². The van der Waals surface area contributed by atoms with Crippen LogP contribution < -0.4 is 0 Å². The van der Waals surface area contributed by atoms with Crippen LogP contribution in [0.5, 0.6) is 0 Å². The highest BCUT2D eigenvalue weighted by Crippen LogP contribution is 2.46. The Hall–Kier alpha value is -2.61. The van der Waals surface area contributed by atoms with Crippen molar-refractivity contribution >= 4 is 11.8 Å². The van der Waals surface area contributed by atoms with Crippen LogP contribution in [0.3, 0.4) is 0 Å². The van der Waals surface area contributed by atoms with Crippen molar-refractivity contribution in [3.8, 4) is 6.07 Å². The van der Waals surface area contributed by atoms with Gasteiger partial charge in [-0.25, -0.2) is 0 Å². The van der Waals surface area contributed by atoms with E-state index in [-0.39, 0.29) is 18.3 Å². The minimum Gasteiger partial charge on any atom is -0.490 e. The molecule has 0 fully saturated rings. The number of ether oxygens (including phenoxy) is 2. The van der Waals surface area contributed by atoms with Gasteiger partial charge >= 0.3 is 5.97 Å². The molecule has 2 atom stereocenters. The topological polar surface area (TPSA) is 76.4 Å². The third kappa shape index (κ3) is 2.61. The van der Waals surface area contributed by atoms with E-state index in [0.29, 0.717) is 17.9 Å². The normalized spacial score (nSPS) is 23.0. The van der Waals surface area contributed by atoms with Crippen molar-refractivity contribution in [2.45, 2.75) is 25.7 Å². The lowest BCUT2D eigenvalue weighted by molar-refractivity contribution is -0.151. The van der Waals surface area contributed by atoms with Crippen LogP contribution >= 0.6 is 0 Å². The number of hydrogen-bond donors (Lipinski definition) is 0. The van der Waals surface area contributed by atoms with Crippen LogP contribution in [0.25, 0.3) is 0 Å². The SMILES string of the molecule is CCOC(=O)C1C(=O)C2=C(CCCO2)C1c1ccc(C#N)cc1. The minimum atomic E-state index is -0.883. The summed E-state index contributed by atoms with van der Waals surface area (Å²) in [6, 6.07) is 9.06. The lowest BCUT2D eigenvalue weighted by Gasteiger charge is -2.21. The number of hydrogen-bond acceptors (Lipinski definition) is 5. The number of ketones is 1. The Labute approximate surface area is 134 Å². The summed E-state index contributed by atoms with van der Waals surface area (Å²) < 4.78 is 10.6. The number of esters is 1. The minimum absolute atomic E-state index is 0.230. The Morgan fingerprint density at radius 3 is 2.78 bits per heavy atom. The van der Waals surface area contributed by atoms with Crippen LogP contribution in [-0.4, -0.2) is 25.0 Å². The summed E-state index contributed by atoms with van der Waals surface area (Å²) in [5, 5.41) is 8.93. The second kappa shape index (κ2) is 6.25. The van der Waals surface area contributed by atoms with E-state index in [4.69, 9.17) is 14.7 Å². The Balaban J connectivity index is 2.03. The van der Waals surface area contributed by atoms with Gasteiger partial charge in [0, 0.05) is 5.92 Å². The number of Topliss-reactive ketones (excluding diaryl/α,β-unsaturated/α-hetero) is 1. The van der Waals surface area contributed by atoms with Crippen LogP contribution in [0, 0.1) is 17.2 Å². The van der Waals surface area contributed by atoms with E-state index in [1.165, 1.54) is 0 Å². The Bertz CT molecular complexity index is 712. The first kappa shape index (κ1) is 15.3. The molecule has 0 aromatic heterocycles. The van der Waals surface area contributed by atoms with Gasteiger partial charge in [0.05, 0.1) is 24.8 Å². The second-order valence-electron chi connectivity index (χ2n) is 5.61. The van der Waals surface area contributed by atoms with Crippen LogP contribution in [-0.2, 0) is 19.1 Å². The number of carbonyl (C=O) groups is 2. The lowest BCUT2D eigenvalue weighted by Crippen LogP contribution is -2.28. The van der Waals surface area contributed by atoms with E-state index >= 15 is 0 Å². The van der Waals surface area contributed by atoms with Gasteiger partial charge in [-0.15, -0.1) is 0 Å². The first-order chi connectivity index (χ1) is 11.2. The largest absolute Gasteiger partial charge is 0.490 e. The van der Waals surface area contributed by atoms with E-state index in [1.54, 1.807) is 31.2 Å². The molecular formula is C18H17NO4. The summed E-state index contributed by atoms with van der Waals surface area (Å²) in [7, 11) is 0. The maximum absolute atomic E-state index is 12.6. The molecule has 1 aromatic rings. The van der Waals surface area contributed by atoms with Crippen molar-refractivity contribution in [3.05, 3.63) is 46.7 Å². The summed E-state index contributed by atoms with van der Waals surface area (Å²) in [5.41, 5.74) is 2.26. The average molecular weight is 311 g/mol. The summed E-state index contributed by atoms with van der Waals surface area (Å²) in [4.78, 5) is 25.0. The van der Waals surface area contributed by atoms with Gasteiger partial charge in [-0.3, -0.25) is 9.59 Å². The van der Waals surface area contributed by atoms with Crippen molar-refractivity contribution in [2.24, 2.45) is 5.92 Å². The molecule has 0 saturated carbocycles. The van der Waals surface area contributed by atoms with Crippen LogP contribution in [0.1, 0.15) is 36.8 Å². The smallest absolute Gasteiger partial charge is 0.317 e. The fourth-order valence-electron chi connectivity index (χ4n) is 3.30. The number of nitriles is 1. The first-order valence-electron chi connectivity index (χ1n) is 7.74. The highest BCUT2D eigenvalue weighted by molar-refractivity contribution is 6.11. The standard InChI is InChI=1S/C18H17NO4/c1-2-22-18(21)15-14(12-7-5-11(10-19)6-8-12)13-4-3-9-23-17(13)16(15)20/h5-8,14-15H,2-4,9H2,1H3. The van der Waals surface area contributed by atoms with Crippen molar-refractivity contribution in [1.82, 2.24) is 0 Å². The van der Waals surface area contributed by atoms with Gasteiger partial charge in [0.15, 0.2) is 5.76 Å². The van der Waals surface area contributed by atoms with Gasteiger partial charge in [-0.05, 0) is 43.0 Å². The van der Waals surface area contributed by atoms with Gasteiger partial charge in [0.2, 0.25) is 5.78 Å². The van der Waals surface area contributed by atoms with Crippen LogP contribution in [0.4, 0.5) is 0 Å². The summed E-state index contributed by atoms with van der Waals surface area (Å²) >= 11 is 0. The first-order valence-corrected chi connectivity index (χ1v) is 7.74. The van der Waals surface area contributed by atoms with Gasteiger partial charge in [0.1, 0.15) is 5.92 Å². The average Bonchev–Trinajstić information content (AvgIpc) is 2.88. The Morgan fingerprint density at radius 2 is 2.13 bits per heavy atom. The van der Waals surface area contributed by atoms with E-state index in [1.807, 2.05) is 0 Å². The molecule has 0 saturated heterocycles. The molecule has 5 nitrogen and oxygen atoms in total. The predicted molar refractivity (Wildman–Crippen MR) is 81.2 cm³/mol. The molecule has 5 heteroatoms. The fourth-order valence-corrected chi connectivity index (χ4v) is 3.30. The summed E-state index contributed by atoms with van der Waals surface area (Å²) in [6.07, 6.45) is 1.57. The molecule has 1 aliphatic carbocycles. The molecule has 1 heterocycles. The van der Waals surface area contributed by atoms with Gasteiger partial charge < -0.3 is 9.47 Å². The van der Waals surface area contributed by atoms with Crippen molar-refractivity contribution < 1.29 is 19.1 Å². The number of rotatable bonds is 3. The maximum Gasteiger partial charge on any atom is 0.317 e. The zero-order valence-electron chi connectivity index (χ0n) is 12.9. The molecule has 2 aliphatic rings. The number of nitrogens with zero attached hydrogens (tertiary/aromatic N) is 1. The van der Waals surface area contributed by atoms with Gasteiger partial charge in [0.25, 0.3) is 0 Å². The van der Waals surface area contributed by atoms with E-state index in [9.17, 15) is 9.59 Å². The second-order valence-corrected chi connectivity index (χ2v) is 5.61. The molecule has 0 radical (unpaired) electrons. The van der Waals surface area contributed by atoms with Gasteiger partial charge in [-0.1, -0.05) is 12.1 Å². The highest BCUT2D eigenvalue weighted by Gasteiger charge is 2.49. The lowest BCUT2D eigenvalue weighted by atomic mass is 9.82. The zero-order chi connectivity index (χ0) is 16.4. The number of benzene rings is 1. The van der Waals surface area contributed by atoms with Crippen molar-refractivity contribution in [2.75, 3.05) is 13.2 Å². The molecule has 2 unspecified atom stereocenters. The van der Waals surface area contributed by atoms with Crippen LogP contribution in [0.2, 0.25) is 0 Å². The Kier molecular flexibility index (Phi) is 4.16. The fraction of sp³-hybridized carbons (Fsp3) is 0.389. The monoisotopic (exact) mass is 311 g/mol. The van der Waals surface area contributed by atoms with E-state index < -0.39 is 11.9 Å². The van der Waals surface area contributed by atoms with Crippen molar-refractivity contribution in [1.29, 1.82) is 5.26 Å². The highest BCUT2D eigenvalue weighted by atomic mass is 16.5. The molecular weight excluding hydrogens is 294 g/mol. The molecule has 0 N–H and O–H groups in total. The maximum atomic E-state index is 12.6. The molecule has 0 amide bonds. The molecule has 118 valence electrons. The van der Waals surface area contributed by atoms with E-state index in [2.05, 4.69) is 6.07 Å². The number of allylic oxidation sites excluding steroid dienone is 2. The third-order valence-electron chi connectivity index (χ3n) is 4.28. The summed E-state index contributed by atoms with van der Waals surface area (Å²) in [6.45, 7) is 2.45. The quantitative estimate of drug-likeness (QED) is 0.633. The predicted octanol–water partition coefficient (Wildman–Crippen LogP) is 2.47. The van der Waals surface area contributed by atoms with E-state index in [0.717, 1.165) is 24.0 Å². The molecule has 0 bridgehead atoms. The van der Waals surface area contributed by atoms with Gasteiger partial charge in [-0.2, -0.15) is 5.26 Å². The molecule has 0 spiro atoms. The zero-order valence-corrected chi connectivity index (χ0v) is 12.9. The number of carbonyl (C=O) groups excluding carboxylic acids is 2. The van der Waals surface area contributed by atoms with Crippen molar-refractivity contribution in [3.63, 3.8) is 0 Å². The third-order valence-corrected chi connectivity index (χ3v) is 4.28. The molecule has 3 rings (SSSR count). The summed E-state index contributed by atoms with van der Waals surface area (Å²) in [5.74, 6) is -1.70. The Morgan fingerprint density at radius 1 is 1.39 bits per heavy atom. The molecule has 1 aromatic carbocycles. The molecule has 1 aliphatic heterocycles. The molecule has 23 heavy (non-hydrogen) atoms.